The molecule has 0 radical (unpaired) electrons. The van der Waals surface area contributed by atoms with Crippen LogP contribution in [0.5, 0.6) is 5.75 Å². The van der Waals surface area contributed by atoms with Gasteiger partial charge in [-0.05, 0) is 24.3 Å². The zero-order valence-corrected chi connectivity index (χ0v) is 11.2. The fourth-order valence-electron chi connectivity index (χ4n) is 1.64. The van der Waals surface area contributed by atoms with E-state index in [2.05, 4.69) is 0 Å². The number of ether oxygens (including phenoxy) is 1. The van der Waals surface area contributed by atoms with Crippen LogP contribution in [0.4, 0.5) is 5.69 Å². The fourth-order valence-corrected chi connectivity index (χ4v) is 2.54. The lowest BCUT2D eigenvalue weighted by Gasteiger charge is -2.04. The van der Waals surface area contributed by atoms with Gasteiger partial charge in [0, 0.05) is 22.3 Å². The third kappa shape index (κ3) is 3.48. The van der Waals surface area contributed by atoms with E-state index in [9.17, 15) is 10.1 Å². The minimum Gasteiger partial charge on any atom is -0.497 e. The molecular formula is C14H13NO3S. The molecule has 2 rings (SSSR count). The SMILES string of the molecule is COc1ccc(SCc2ccccc2[N+](=O)[O-])cc1. The van der Waals surface area contributed by atoms with Crippen molar-refractivity contribution in [2.45, 2.75) is 10.6 Å². The summed E-state index contributed by atoms with van der Waals surface area (Å²) in [5.41, 5.74) is 0.900. The summed E-state index contributed by atoms with van der Waals surface area (Å²) in [4.78, 5) is 11.6. The second kappa shape index (κ2) is 6.24. The van der Waals surface area contributed by atoms with E-state index in [0.717, 1.165) is 16.2 Å². The zero-order valence-electron chi connectivity index (χ0n) is 10.4. The van der Waals surface area contributed by atoms with Crippen LogP contribution in [0.2, 0.25) is 0 Å². The van der Waals surface area contributed by atoms with Gasteiger partial charge in [-0.25, -0.2) is 0 Å². The molecule has 0 saturated carbocycles. The van der Waals surface area contributed by atoms with Crippen LogP contribution in [-0.2, 0) is 5.75 Å². The summed E-state index contributed by atoms with van der Waals surface area (Å²) in [7, 11) is 1.62. The fraction of sp³-hybridized carbons (Fsp3) is 0.143. The summed E-state index contributed by atoms with van der Waals surface area (Å²) in [5.74, 6) is 1.37. The van der Waals surface area contributed by atoms with Gasteiger partial charge in [-0.1, -0.05) is 18.2 Å². The van der Waals surface area contributed by atoms with Gasteiger partial charge in [-0.15, -0.1) is 11.8 Å². The molecule has 2 aromatic carbocycles. The number of hydrogen-bond donors (Lipinski definition) is 0. The summed E-state index contributed by atoms with van der Waals surface area (Å²) in [5, 5.41) is 10.9. The van der Waals surface area contributed by atoms with Crippen LogP contribution >= 0.6 is 11.8 Å². The van der Waals surface area contributed by atoms with E-state index < -0.39 is 0 Å². The lowest BCUT2D eigenvalue weighted by atomic mass is 10.2. The molecule has 0 heterocycles. The summed E-state index contributed by atoms with van der Waals surface area (Å²) in [6.45, 7) is 0. The van der Waals surface area contributed by atoms with Crippen LogP contribution in [0.15, 0.2) is 53.4 Å². The highest BCUT2D eigenvalue weighted by molar-refractivity contribution is 7.98. The summed E-state index contributed by atoms with van der Waals surface area (Å²) >= 11 is 1.56. The van der Waals surface area contributed by atoms with E-state index in [1.165, 1.54) is 6.07 Å². The molecule has 0 aliphatic rings. The van der Waals surface area contributed by atoms with Gasteiger partial charge in [0.25, 0.3) is 5.69 Å². The smallest absolute Gasteiger partial charge is 0.273 e. The van der Waals surface area contributed by atoms with Crippen molar-refractivity contribution in [3.63, 3.8) is 0 Å². The van der Waals surface area contributed by atoms with Gasteiger partial charge < -0.3 is 4.74 Å². The minimum atomic E-state index is -0.343. The Kier molecular flexibility index (Phi) is 4.41. The Balaban J connectivity index is 2.07. The molecule has 2 aromatic rings. The van der Waals surface area contributed by atoms with Crippen molar-refractivity contribution < 1.29 is 9.66 Å². The molecule has 5 heteroatoms. The van der Waals surface area contributed by atoms with E-state index in [1.54, 1.807) is 31.0 Å². The van der Waals surface area contributed by atoms with E-state index in [0.29, 0.717) is 5.75 Å². The van der Waals surface area contributed by atoms with Crippen LogP contribution in [-0.4, -0.2) is 12.0 Å². The minimum absolute atomic E-state index is 0.170. The molecule has 0 fully saturated rings. The van der Waals surface area contributed by atoms with Gasteiger partial charge in [0.05, 0.1) is 12.0 Å². The molecular weight excluding hydrogens is 262 g/mol. The monoisotopic (exact) mass is 275 g/mol. The second-order valence-corrected chi connectivity index (χ2v) is 4.90. The molecule has 0 aromatic heterocycles. The molecule has 4 nitrogen and oxygen atoms in total. The van der Waals surface area contributed by atoms with Crippen LogP contribution in [0.1, 0.15) is 5.56 Å². The summed E-state index contributed by atoms with van der Waals surface area (Å²) < 4.78 is 5.08. The van der Waals surface area contributed by atoms with E-state index in [1.807, 2.05) is 30.3 Å². The number of hydrogen-bond acceptors (Lipinski definition) is 4. The Bertz CT molecular complexity index is 569. The average Bonchev–Trinajstić information content (AvgIpc) is 2.46. The normalized spacial score (nSPS) is 10.2. The van der Waals surface area contributed by atoms with Gasteiger partial charge in [-0.3, -0.25) is 10.1 Å². The number of nitro groups is 1. The first-order valence-corrected chi connectivity index (χ1v) is 6.68. The van der Waals surface area contributed by atoms with Gasteiger partial charge >= 0.3 is 0 Å². The largest absolute Gasteiger partial charge is 0.497 e. The van der Waals surface area contributed by atoms with Gasteiger partial charge in [0.15, 0.2) is 0 Å². The average molecular weight is 275 g/mol. The molecule has 0 saturated heterocycles. The number of nitro benzene ring substituents is 1. The number of nitrogens with zero attached hydrogens (tertiary/aromatic N) is 1. The molecule has 98 valence electrons. The Morgan fingerprint density at radius 1 is 1.16 bits per heavy atom. The van der Waals surface area contributed by atoms with Crippen molar-refractivity contribution in [2.75, 3.05) is 7.11 Å². The summed E-state index contributed by atoms with van der Waals surface area (Å²) in [6, 6.07) is 14.5. The Hall–Kier alpha value is -2.01. The molecule has 0 bridgehead atoms. The first kappa shape index (κ1) is 13.4. The van der Waals surface area contributed by atoms with Gasteiger partial charge in [0.2, 0.25) is 0 Å². The van der Waals surface area contributed by atoms with E-state index >= 15 is 0 Å². The maximum Gasteiger partial charge on any atom is 0.273 e. The number of para-hydroxylation sites is 1. The second-order valence-electron chi connectivity index (χ2n) is 3.85. The first-order chi connectivity index (χ1) is 9.20. The highest BCUT2D eigenvalue weighted by Gasteiger charge is 2.12. The topological polar surface area (TPSA) is 52.4 Å². The van der Waals surface area contributed by atoms with Crippen LogP contribution < -0.4 is 4.74 Å². The molecule has 0 atom stereocenters. The third-order valence-electron chi connectivity index (χ3n) is 2.64. The van der Waals surface area contributed by atoms with Gasteiger partial charge in [-0.2, -0.15) is 0 Å². The molecule has 0 aliphatic carbocycles. The Labute approximate surface area is 115 Å². The predicted octanol–water partition coefficient (Wildman–Crippen LogP) is 3.90. The van der Waals surface area contributed by atoms with Crippen molar-refractivity contribution in [2.24, 2.45) is 0 Å². The van der Waals surface area contributed by atoms with Crippen molar-refractivity contribution in [3.8, 4) is 5.75 Å². The predicted molar refractivity (Wildman–Crippen MR) is 75.7 cm³/mol. The highest BCUT2D eigenvalue weighted by atomic mass is 32.2. The molecule has 0 amide bonds. The maximum atomic E-state index is 10.9. The number of rotatable bonds is 5. The number of methoxy groups -OCH3 is 1. The zero-order chi connectivity index (χ0) is 13.7. The number of benzene rings is 2. The Morgan fingerprint density at radius 2 is 1.84 bits per heavy atom. The van der Waals surface area contributed by atoms with Crippen LogP contribution in [0.3, 0.4) is 0 Å². The third-order valence-corrected chi connectivity index (χ3v) is 3.70. The standard InChI is InChI=1S/C14H13NO3S/c1-18-12-6-8-13(9-7-12)19-10-11-4-2-3-5-14(11)15(16)17/h2-9H,10H2,1H3. The van der Waals surface area contributed by atoms with E-state index in [4.69, 9.17) is 4.74 Å². The Morgan fingerprint density at radius 3 is 2.47 bits per heavy atom. The summed E-state index contributed by atoms with van der Waals surface area (Å²) in [6.07, 6.45) is 0. The quantitative estimate of drug-likeness (QED) is 0.472. The van der Waals surface area contributed by atoms with Crippen molar-refractivity contribution in [3.05, 3.63) is 64.2 Å². The van der Waals surface area contributed by atoms with Crippen molar-refractivity contribution in [1.82, 2.24) is 0 Å². The molecule has 0 spiro atoms. The van der Waals surface area contributed by atoms with E-state index in [-0.39, 0.29) is 10.6 Å². The molecule has 0 aliphatic heterocycles. The molecule has 19 heavy (non-hydrogen) atoms. The molecule has 0 N–H and O–H groups in total. The number of thioether (sulfide) groups is 1. The lowest BCUT2D eigenvalue weighted by molar-refractivity contribution is -0.385. The maximum absolute atomic E-state index is 10.9. The van der Waals surface area contributed by atoms with Crippen molar-refractivity contribution >= 4 is 17.4 Å². The van der Waals surface area contributed by atoms with Crippen LogP contribution in [0.25, 0.3) is 0 Å². The van der Waals surface area contributed by atoms with Crippen LogP contribution in [0, 0.1) is 10.1 Å². The van der Waals surface area contributed by atoms with Gasteiger partial charge in [0.1, 0.15) is 5.75 Å². The molecule has 0 unspecified atom stereocenters. The lowest BCUT2D eigenvalue weighted by Crippen LogP contribution is -1.93. The first-order valence-electron chi connectivity index (χ1n) is 5.70. The van der Waals surface area contributed by atoms with Crippen molar-refractivity contribution in [1.29, 1.82) is 0 Å². The highest BCUT2D eigenvalue weighted by Crippen LogP contribution is 2.28.